The molecule has 0 heterocycles. The fraction of sp³-hybridized carbons (Fsp3) is 0.385. The van der Waals surface area contributed by atoms with Crippen molar-refractivity contribution in [3.63, 3.8) is 0 Å². The second-order valence-corrected chi connectivity index (χ2v) is 4.84. The molecule has 1 unspecified atom stereocenters. The standard InChI is InChI=1S/C13H15BrO2/c14-11-6-7-13(10(8-11)9-15)16-12-4-2-1-3-5-12/h2,4,6-8,12,15H,1,3,5,9H2. The third-order valence-corrected chi connectivity index (χ3v) is 3.17. The quantitative estimate of drug-likeness (QED) is 0.861. The second kappa shape index (κ2) is 5.51. The minimum atomic E-state index is 0.00517. The van der Waals surface area contributed by atoms with E-state index in [1.165, 1.54) is 6.42 Å². The van der Waals surface area contributed by atoms with Crippen LogP contribution in [0.15, 0.2) is 34.8 Å². The Kier molecular flexibility index (Phi) is 4.02. The van der Waals surface area contributed by atoms with Gasteiger partial charge in [0.1, 0.15) is 11.9 Å². The Balaban J connectivity index is 2.13. The van der Waals surface area contributed by atoms with E-state index in [9.17, 15) is 5.11 Å². The van der Waals surface area contributed by atoms with E-state index in [1.54, 1.807) is 0 Å². The second-order valence-electron chi connectivity index (χ2n) is 3.93. The van der Waals surface area contributed by atoms with E-state index in [-0.39, 0.29) is 12.7 Å². The Morgan fingerprint density at radius 2 is 2.31 bits per heavy atom. The topological polar surface area (TPSA) is 29.5 Å². The van der Waals surface area contributed by atoms with Crippen molar-refractivity contribution in [2.75, 3.05) is 0 Å². The lowest BCUT2D eigenvalue weighted by Gasteiger charge is -2.20. The fourth-order valence-electron chi connectivity index (χ4n) is 1.83. The van der Waals surface area contributed by atoms with Gasteiger partial charge in [0, 0.05) is 10.0 Å². The SMILES string of the molecule is OCc1cc(Br)ccc1OC1C=CCCC1. The number of ether oxygens (including phenoxy) is 1. The molecule has 1 aliphatic carbocycles. The molecule has 1 aromatic carbocycles. The molecule has 1 aromatic rings. The van der Waals surface area contributed by atoms with E-state index in [4.69, 9.17) is 4.74 Å². The van der Waals surface area contributed by atoms with Gasteiger partial charge in [-0.05, 0) is 43.5 Å². The largest absolute Gasteiger partial charge is 0.486 e. The molecule has 1 aliphatic rings. The Morgan fingerprint density at radius 3 is 3.00 bits per heavy atom. The lowest BCUT2D eigenvalue weighted by molar-refractivity contribution is 0.216. The first-order valence-corrected chi connectivity index (χ1v) is 6.31. The van der Waals surface area contributed by atoms with Crippen molar-refractivity contribution in [2.24, 2.45) is 0 Å². The van der Waals surface area contributed by atoms with Crippen LogP contribution >= 0.6 is 15.9 Å². The summed E-state index contributed by atoms with van der Waals surface area (Å²) in [5, 5.41) is 9.25. The summed E-state index contributed by atoms with van der Waals surface area (Å²) < 4.78 is 6.83. The van der Waals surface area contributed by atoms with Crippen LogP contribution in [0.2, 0.25) is 0 Å². The van der Waals surface area contributed by atoms with E-state index >= 15 is 0 Å². The van der Waals surface area contributed by atoms with Crippen LogP contribution < -0.4 is 4.74 Å². The van der Waals surface area contributed by atoms with Crippen LogP contribution in [-0.2, 0) is 6.61 Å². The van der Waals surface area contributed by atoms with Gasteiger partial charge in [-0.3, -0.25) is 0 Å². The maximum Gasteiger partial charge on any atom is 0.125 e. The lowest BCUT2D eigenvalue weighted by Crippen LogP contribution is -2.16. The predicted molar refractivity (Wildman–Crippen MR) is 67.5 cm³/mol. The Labute approximate surface area is 104 Å². The highest BCUT2D eigenvalue weighted by atomic mass is 79.9. The van der Waals surface area contributed by atoms with E-state index in [2.05, 4.69) is 28.1 Å². The van der Waals surface area contributed by atoms with Crippen LogP contribution in [0.4, 0.5) is 0 Å². The van der Waals surface area contributed by atoms with Gasteiger partial charge in [0.15, 0.2) is 0 Å². The number of aliphatic hydroxyl groups is 1. The van der Waals surface area contributed by atoms with Gasteiger partial charge in [0.05, 0.1) is 6.61 Å². The zero-order valence-corrected chi connectivity index (χ0v) is 10.6. The van der Waals surface area contributed by atoms with Gasteiger partial charge < -0.3 is 9.84 Å². The van der Waals surface area contributed by atoms with Crippen molar-refractivity contribution in [1.82, 2.24) is 0 Å². The highest BCUT2D eigenvalue weighted by Crippen LogP contribution is 2.26. The smallest absolute Gasteiger partial charge is 0.125 e. The first-order chi connectivity index (χ1) is 7.79. The number of benzene rings is 1. The molecule has 0 saturated heterocycles. The minimum absolute atomic E-state index is 0.00517. The fourth-order valence-corrected chi connectivity index (χ4v) is 2.24. The molecule has 1 atom stereocenters. The molecule has 0 aromatic heterocycles. The van der Waals surface area contributed by atoms with Gasteiger partial charge in [-0.15, -0.1) is 0 Å². The summed E-state index contributed by atoms with van der Waals surface area (Å²) in [6.07, 6.45) is 7.79. The van der Waals surface area contributed by atoms with E-state index in [1.807, 2.05) is 18.2 Å². The summed E-state index contributed by atoms with van der Waals surface area (Å²) in [6, 6.07) is 5.72. The number of aliphatic hydroxyl groups excluding tert-OH is 1. The van der Waals surface area contributed by atoms with Crippen LogP contribution in [-0.4, -0.2) is 11.2 Å². The molecule has 0 spiro atoms. The summed E-state index contributed by atoms with van der Waals surface area (Å²) in [5.41, 5.74) is 0.827. The van der Waals surface area contributed by atoms with Crippen molar-refractivity contribution in [2.45, 2.75) is 32.0 Å². The molecule has 0 aliphatic heterocycles. The van der Waals surface area contributed by atoms with Crippen molar-refractivity contribution >= 4 is 15.9 Å². The number of rotatable bonds is 3. The first-order valence-electron chi connectivity index (χ1n) is 5.52. The summed E-state index contributed by atoms with van der Waals surface area (Å²) in [6.45, 7) is 0.00517. The normalized spacial score (nSPS) is 19.8. The number of allylic oxidation sites excluding steroid dienone is 1. The van der Waals surface area contributed by atoms with Gasteiger partial charge in [0.2, 0.25) is 0 Å². The highest BCUT2D eigenvalue weighted by molar-refractivity contribution is 9.10. The molecular formula is C13H15BrO2. The molecule has 0 bridgehead atoms. The maximum atomic E-state index is 9.25. The molecule has 0 amide bonds. The summed E-state index contributed by atoms with van der Waals surface area (Å²) >= 11 is 3.38. The third-order valence-electron chi connectivity index (χ3n) is 2.68. The van der Waals surface area contributed by atoms with E-state index < -0.39 is 0 Å². The van der Waals surface area contributed by atoms with Crippen LogP contribution in [0.3, 0.4) is 0 Å². The van der Waals surface area contributed by atoms with Gasteiger partial charge in [-0.25, -0.2) is 0 Å². The molecule has 3 heteroatoms. The summed E-state index contributed by atoms with van der Waals surface area (Å²) in [5.74, 6) is 0.780. The predicted octanol–water partition coefficient (Wildman–Crippen LogP) is 3.43. The molecular weight excluding hydrogens is 268 g/mol. The Bertz CT molecular complexity index is 388. The number of halogens is 1. The molecule has 1 N–H and O–H groups in total. The maximum absolute atomic E-state index is 9.25. The summed E-state index contributed by atoms with van der Waals surface area (Å²) in [4.78, 5) is 0. The van der Waals surface area contributed by atoms with Crippen LogP contribution in [0.1, 0.15) is 24.8 Å². The van der Waals surface area contributed by atoms with E-state index in [0.717, 1.165) is 28.6 Å². The molecule has 2 nitrogen and oxygen atoms in total. The van der Waals surface area contributed by atoms with Crippen molar-refractivity contribution in [3.05, 3.63) is 40.4 Å². The molecule has 86 valence electrons. The van der Waals surface area contributed by atoms with Crippen molar-refractivity contribution in [3.8, 4) is 5.75 Å². The summed E-state index contributed by atoms with van der Waals surface area (Å²) in [7, 11) is 0. The van der Waals surface area contributed by atoms with Gasteiger partial charge in [-0.2, -0.15) is 0 Å². The molecule has 0 radical (unpaired) electrons. The molecule has 0 saturated carbocycles. The number of hydrogen-bond donors (Lipinski definition) is 1. The first kappa shape index (κ1) is 11.7. The monoisotopic (exact) mass is 282 g/mol. The van der Waals surface area contributed by atoms with Crippen molar-refractivity contribution in [1.29, 1.82) is 0 Å². The molecule has 2 rings (SSSR count). The van der Waals surface area contributed by atoms with Crippen LogP contribution in [0, 0.1) is 0 Å². The third kappa shape index (κ3) is 2.86. The van der Waals surface area contributed by atoms with Crippen LogP contribution in [0.5, 0.6) is 5.75 Å². The zero-order valence-electron chi connectivity index (χ0n) is 9.03. The van der Waals surface area contributed by atoms with Crippen molar-refractivity contribution < 1.29 is 9.84 Å². The lowest BCUT2D eigenvalue weighted by atomic mass is 10.1. The number of hydrogen-bond acceptors (Lipinski definition) is 2. The highest BCUT2D eigenvalue weighted by Gasteiger charge is 2.12. The molecule has 16 heavy (non-hydrogen) atoms. The van der Waals surface area contributed by atoms with Crippen LogP contribution in [0.25, 0.3) is 0 Å². The molecule has 0 fully saturated rings. The Morgan fingerprint density at radius 1 is 1.44 bits per heavy atom. The zero-order chi connectivity index (χ0) is 11.4. The van der Waals surface area contributed by atoms with Gasteiger partial charge in [0.25, 0.3) is 0 Å². The average molecular weight is 283 g/mol. The Hall–Kier alpha value is -0.800. The van der Waals surface area contributed by atoms with Gasteiger partial charge in [-0.1, -0.05) is 22.0 Å². The average Bonchev–Trinajstić information content (AvgIpc) is 2.33. The van der Waals surface area contributed by atoms with Gasteiger partial charge >= 0.3 is 0 Å². The van der Waals surface area contributed by atoms with E-state index in [0.29, 0.717) is 0 Å². The minimum Gasteiger partial charge on any atom is -0.486 e.